The molecule has 2 aromatic carbocycles. The molecule has 0 bridgehead atoms. The van der Waals surface area contributed by atoms with Crippen molar-refractivity contribution in [1.29, 1.82) is 0 Å². The molecule has 5 rings (SSSR count). The molecule has 1 unspecified atom stereocenters. The standard InChI is InChI=1S/C24H24N4O3/c1-16(11-18-5-8-20-21(12-18)31-15-30-20)23-24(28-10-9-25-14-22(28)27-23)26-13-17-3-6-19(29-2)7-4-17/h3-10,12,14,16,26H,11,13,15H2,1-2H3. The number of anilines is 1. The highest BCUT2D eigenvalue weighted by atomic mass is 16.7. The highest BCUT2D eigenvalue weighted by Crippen LogP contribution is 2.35. The number of fused-ring (bicyclic) bond motifs is 2. The van der Waals surface area contributed by atoms with Crippen molar-refractivity contribution in [3.8, 4) is 17.2 Å². The lowest BCUT2D eigenvalue weighted by atomic mass is 9.97. The number of hydrogen-bond donors (Lipinski definition) is 1. The van der Waals surface area contributed by atoms with E-state index in [9.17, 15) is 0 Å². The van der Waals surface area contributed by atoms with Crippen LogP contribution in [0.5, 0.6) is 17.2 Å². The zero-order valence-corrected chi connectivity index (χ0v) is 17.5. The lowest BCUT2D eigenvalue weighted by Gasteiger charge is -2.14. The zero-order valence-electron chi connectivity index (χ0n) is 17.5. The third kappa shape index (κ3) is 3.86. The van der Waals surface area contributed by atoms with E-state index in [1.165, 1.54) is 11.1 Å². The van der Waals surface area contributed by atoms with Crippen molar-refractivity contribution >= 4 is 11.5 Å². The second-order valence-corrected chi connectivity index (χ2v) is 7.64. The van der Waals surface area contributed by atoms with Crippen LogP contribution in [0.15, 0.2) is 61.1 Å². The predicted octanol–water partition coefficient (Wildman–Crippen LogP) is 4.42. The van der Waals surface area contributed by atoms with Gasteiger partial charge in [0.1, 0.15) is 11.6 Å². The normalized spacial score (nSPS) is 13.4. The largest absolute Gasteiger partial charge is 0.497 e. The third-order valence-corrected chi connectivity index (χ3v) is 5.52. The lowest BCUT2D eigenvalue weighted by Crippen LogP contribution is -2.07. The van der Waals surface area contributed by atoms with Gasteiger partial charge in [0.15, 0.2) is 17.1 Å². The van der Waals surface area contributed by atoms with Gasteiger partial charge in [-0.3, -0.25) is 9.38 Å². The SMILES string of the molecule is COc1ccc(CNc2c(C(C)Cc3ccc4c(c3)OCO4)nc3cnccn23)cc1. The Kier molecular flexibility index (Phi) is 5.08. The maximum Gasteiger partial charge on any atom is 0.231 e. The molecule has 31 heavy (non-hydrogen) atoms. The van der Waals surface area contributed by atoms with E-state index in [0.29, 0.717) is 6.54 Å². The molecule has 1 aliphatic rings. The van der Waals surface area contributed by atoms with Gasteiger partial charge < -0.3 is 19.5 Å². The molecule has 158 valence electrons. The Hall–Kier alpha value is -3.74. The van der Waals surface area contributed by atoms with Gasteiger partial charge in [0.25, 0.3) is 0 Å². The lowest BCUT2D eigenvalue weighted by molar-refractivity contribution is 0.174. The molecular weight excluding hydrogens is 392 g/mol. The predicted molar refractivity (Wildman–Crippen MR) is 118 cm³/mol. The topological polar surface area (TPSA) is 69.9 Å². The van der Waals surface area contributed by atoms with E-state index in [0.717, 1.165) is 40.8 Å². The van der Waals surface area contributed by atoms with E-state index in [-0.39, 0.29) is 12.7 Å². The monoisotopic (exact) mass is 416 g/mol. The molecule has 0 fully saturated rings. The molecule has 2 aromatic heterocycles. The molecule has 4 aromatic rings. The minimum Gasteiger partial charge on any atom is -0.497 e. The van der Waals surface area contributed by atoms with E-state index < -0.39 is 0 Å². The van der Waals surface area contributed by atoms with Crippen LogP contribution in [-0.4, -0.2) is 28.3 Å². The number of rotatable bonds is 7. The zero-order chi connectivity index (χ0) is 21.2. The van der Waals surface area contributed by atoms with Gasteiger partial charge in [-0.15, -0.1) is 0 Å². The molecule has 0 saturated carbocycles. The minimum atomic E-state index is 0.193. The average molecular weight is 416 g/mol. The summed E-state index contributed by atoms with van der Waals surface area (Å²) in [5.41, 5.74) is 4.19. The van der Waals surface area contributed by atoms with Crippen molar-refractivity contribution in [1.82, 2.24) is 14.4 Å². The van der Waals surface area contributed by atoms with E-state index in [1.807, 2.05) is 24.4 Å². The molecule has 0 aliphatic carbocycles. The maximum atomic E-state index is 5.53. The van der Waals surface area contributed by atoms with Gasteiger partial charge in [0, 0.05) is 24.9 Å². The number of methoxy groups -OCH3 is 1. The van der Waals surface area contributed by atoms with Crippen LogP contribution in [0.4, 0.5) is 5.82 Å². The summed E-state index contributed by atoms with van der Waals surface area (Å²) in [6.07, 6.45) is 6.34. The summed E-state index contributed by atoms with van der Waals surface area (Å²) in [5.74, 6) is 3.64. The second-order valence-electron chi connectivity index (χ2n) is 7.64. The van der Waals surface area contributed by atoms with Gasteiger partial charge in [-0.05, 0) is 41.8 Å². The van der Waals surface area contributed by atoms with E-state index in [4.69, 9.17) is 19.2 Å². The van der Waals surface area contributed by atoms with Crippen LogP contribution >= 0.6 is 0 Å². The van der Waals surface area contributed by atoms with Gasteiger partial charge in [-0.2, -0.15) is 0 Å². The van der Waals surface area contributed by atoms with Gasteiger partial charge in [0.2, 0.25) is 6.79 Å². The Balaban J connectivity index is 1.40. The number of aromatic nitrogens is 3. The van der Waals surface area contributed by atoms with Gasteiger partial charge in [-0.1, -0.05) is 25.1 Å². The Morgan fingerprint density at radius 1 is 1.10 bits per heavy atom. The highest BCUT2D eigenvalue weighted by molar-refractivity contribution is 5.56. The van der Waals surface area contributed by atoms with Crippen molar-refractivity contribution < 1.29 is 14.2 Å². The summed E-state index contributed by atoms with van der Waals surface area (Å²) < 4.78 is 18.3. The molecule has 7 nitrogen and oxygen atoms in total. The highest BCUT2D eigenvalue weighted by Gasteiger charge is 2.20. The van der Waals surface area contributed by atoms with Crippen LogP contribution in [0.25, 0.3) is 5.65 Å². The number of nitrogens with one attached hydrogen (secondary N) is 1. The van der Waals surface area contributed by atoms with Crippen LogP contribution in [0, 0.1) is 0 Å². The fourth-order valence-electron chi connectivity index (χ4n) is 3.89. The Bertz CT molecular complexity index is 1200. The number of ether oxygens (including phenoxy) is 3. The molecule has 1 aliphatic heterocycles. The Labute approximate surface area is 180 Å². The number of imidazole rings is 1. The van der Waals surface area contributed by atoms with Crippen molar-refractivity contribution in [2.24, 2.45) is 0 Å². The van der Waals surface area contributed by atoms with Crippen LogP contribution in [0.2, 0.25) is 0 Å². The van der Waals surface area contributed by atoms with Crippen LogP contribution in [0.3, 0.4) is 0 Å². The van der Waals surface area contributed by atoms with Crippen molar-refractivity contribution in [2.45, 2.75) is 25.8 Å². The second kappa shape index (κ2) is 8.18. The summed E-state index contributed by atoms with van der Waals surface area (Å²) in [5, 5.41) is 3.59. The molecule has 1 N–H and O–H groups in total. The van der Waals surface area contributed by atoms with E-state index in [2.05, 4.69) is 45.9 Å². The third-order valence-electron chi connectivity index (χ3n) is 5.52. The molecule has 7 heteroatoms. The first-order valence-electron chi connectivity index (χ1n) is 10.3. The fourth-order valence-corrected chi connectivity index (χ4v) is 3.89. The average Bonchev–Trinajstić information content (AvgIpc) is 3.42. The van der Waals surface area contributed by atoms with E-state index in [1.54, 1.807) is 19.5 Å². The van der Waals surface area contributed by atoms with Gasteiger partial charge >= 0.3 is 0 Å². The molecule has 3 heterocycles. The quantitative estimate of drug-likeness (QED) is 0.481. The van der Waals surface area contributed by atoms with Crippen molar-refractivity contribution in [3.05, 3.63) is 77.9 Å². The molecule has 0 amide bonds. The molecular formula is C24H24N4O3. The minimum absolute atomic E-state index is 0.193. The molecule has 0 spiro atoms. The first-order valence-corrected chi connectivity index (χ1v) is 10.3. The Morgan fingerprint density at radius 2 is 1.90 bits per heavy atom. The number of benzene rings is 2. The maximum absolute atomic E-state index is 5.53. The summed E-state index contributed by atoms with van der Waals surface area (Å²) >= 11 is 0. The van der Waals surface area contributed by atoms with Gasteiger partial charge in [-0.25, -0.2) is 4.98 Å². The van der Waals surface area contributed by atoms with Crippen LogP contribution in [0.1, 0.15) is 29.7 Å². The fraction of sp³-hybridized carbons (Fsp3) is 0.250. The van der Waals surface area contributed by atoms with Gasteiger partial charge in [0.05, 0.1) is 19.0 Å². The summed E-state index contributed by atoms with van der Waals surface area (Å²) in [6, 6.07) is 14.2. The molecule has 0 saturated heterocycles. The Morgan fingerprint density at radius 3 is 2.74 bits per heavy atom. The molecule has 1 atom stereocenters. The molecule has 0 radical (unpaired) electrons. The summed E-state index contributed by atoms with van der Waals surface area (Å²) in [7, 11) is 1.67. The van der Waals surface area contributed by atoms with Crippen LogP contribution < -0.4 is 19.5 Å². The summed E-state index contributed by atoms with van der Waals surface area (Å²) in [6.45, 7) is 3.16. The van der Waals surface area contributed by atoms with E-state index >= 15 is 0 Å². The number of nitrogens with zero attached hydrogens (tertiary/aromatic N) is 3. The first kappa shape index (κ1) is 19.2. The van der Waals surface area contributed by atoms with Crippen LogP contribution in [-0.2, 0) is 13.0 Å². The number of hydrogen-bond acceptors (Lipinski definition) is 6. The smallest absolute Gasteiger partial charge is 0.231 e. The van der Waals surface area contributed by atoms with Crippen molar-refractivity contribution in [2.75, 3.05) is 19.2 Å². The summed E-state index contributed by atoms with van der Waals surface area (Å²) in [4.78, 5) is 9.11. The van der Waals surface area contributed by atoms with Crippen molar-refractivity contribution in [3.63, 3.8) is 0 Å². The first-order chi connectivity index (χ1) is 15.2.